The van der Waals surface area contributed by atoms with Gasteiger partial charge in [0, 0.05) is 43.6 Å². The predicted molar refractivity (Wildman–Crippen MR) is 101 cm³/mol. The van der Waals surface area contributed by atoms with Crippen LogP contribution in [0.2, 0.25) is 0 Å². The molecule has 2 aromatic heterocycles. The zero-order valence-corrected chi connectivity index (χ0v) is 14.9. The fourth-order valence-corrected chi connectivity index (χ4v) is 2.60. The number of amides is 1. The highest BCUT2D eigenvalue weighted by Crippen LogP contribution is 2.22. The molecule has 1 aromatic carbocycles. The van der Waals surface area contributed by atoms with Crippen LogP contribution in [0.4, 0.5) is 11.6 Å². The van der Waals surface area contributed by atoms with Gasteiger partial charge in [-0.05, 0) is 49.2 Å². The third kappa shape index (κ3) is 4.22. The Kier molecular flexibility index (Phi) is 5.53. The molecule has 26 heavy (non-hydrogen) atoms. The lowest BCUT2D eigenvalue weighted by Crippen LogP contribution is -2.24. The van der Waals surface area contributed by atoms with Crippen LogP contribution in [0.3, 0.4) is 0 Å². The smallest absolute Gasteiger partial charge is 0.254 e. The summed E-state index contributed by atoms with van der Waals surface area (Å²) in [6.07, 6.45) is 6.51. The Balaban J connectivity index is 1.70. The molecule has 1 amide bonds. The van der Waals surface area contributed by atoms with Gasteiger partial charge in [-0.2, -0.15) is 0 Å². The second kappa shape index (κ2) is 8.20. The van der Waals surface area contributed by atoms with E-state index in [4.69, 9.17) is 0 Å². The highest BCUT2D eigenvalue weighted by atomic mass is 16.1. The lowest BCUT2D eigenvalue weighted by Gasteiger charge is -2.21. The zero-order valence-electron chi connectivity index (χ0n) is 14.9. The van der Waals surface area contributed by atoms with Crippen molar-refractivity contribution in [1.29, 1.82) is 0 Å². The quantitative estimate of drug-likeness (QED) is 0.741. The number of aryl methyl sites for hydroxylation is 1. The molecule has 2 heterocycles. The molecule has 0 aliphatic heterocycles. The van der Waals surface area contributed by atoms with Gasteiger partial charge in [-0.15, -0.1) is 0 Å². The summed E-state index contributed by atoms with van der Waals surface area (Å²) in [5.41, 5.74) is 3.63. The fraction of sp³-hybridized carbons (Fsp3) is 0.200. The van der Waals surface area contributed by atoms with Gasteiger partial charge in [-0.3, -0.25) is 9.78 Å². The first-order valence-electron chi connectivity index (χ1n) is 8.50. The maximum Gasteiger partial charge on any atom is 0.254 e. The summed E-state index contributed by atoms with van der Waals surface area (Å²) in [4.78, 5) is 27.0. The number of carbonyl (C=O) groups excluding carboxylic acids is 1. The van der Waals surface area contributed by atoms with Gasteiger partial charge in [0.2, 0.25) is 5.95 Å². The second-order valence-electron chi connectivity index (χ2n) is 5.89. The summed E-state index contributed by atoms with van der Waals surface area (Å²) in [6, 6.07) is 11.9. The summed E-state index contributed by atoms with van der Waals surface area (Å²) >= 11 is 0. The molecule has 3 rings (SSSR count). The fourth-order valence-electron chi connectivity index (χ4n) is 2.60. The number of carbonyl (C=O) groups is 1. The summed E-state index contributed by atoms with van der Waals surface area (Å²) < 4.78 is 0. The molecule has 0 bridgehead atoms. The van der Waals surface area contributed by atoms with E-state index in [9.17, 15) is 4.79 Å². The molecule has 3 aromatic rings. The van der Waals surface area contributed by atoms with E-state index in [1.54, 1.807) is 24.8 Å². The molecule has 0 fully saturated rings. The maximum atomic E-state index is 12.3. The summed E-state index contributed by atoms with van der Waals surface area (Å²) in [5.74, 6) is 0.371. The molecule has 1 N–H and O–H groups in total. The number of aromatic nitrogens is 3. The molecule has 0 atom stereocenters. The first-order valence-corrected chi connectivity index (χ1v) is 8.50. The predicted octanol–water partition coefficient (Wildman–Crippen LogP) is 3.27. The van der Waals surface area contributed by atoms with Crippen molar-refractivity contribution < 1.29 is 4.79 Å². The van der Waals surface area contributed by atoms with Gasteiger partial charge in [0.15, 0.2) is 0 Å². The van der Waals surface area contributed by atoms with Crippen LogP contribution >= 0.6 is 0 Å². The van der Waals surface area contributed by atoms with Gasteiger partial charge in [-0.25, -0.2) is 9.97 Å². The van der Waals surface area contributed by atoms with Crippen LogP contribution < -0.4 is 10.2 Å². The summed E-state index contributed by atoms with van der Waals surface area (Å²) in [7, 11) is 0. The number of pyridine rings is 1. The van der Waals surface area contributed by atoms with E-state index in [1.165, 1.54) is 5.56 Å². The normalized spacial score (nSPS) is 10.4. The molecule has 0 saturated heterocycles. The lowest BCUT2D eigenvalue weighted by molar-refractivity contribution is 0.0950. The maximum absolute atomic E-state index is 12.3. The Labute approximate surface area is 153 Å². The monoisotopic (exact) mass is 347 g/mol. The van der Waals surface area contributed by atoms with E-state index in [-0.39, 0.29) is 5.91 Å². The third-order valence-corrected chi connectivity index (χ3v) is 3.97. The minimum absolute atomic E-state index is 0.202. The topological polar surface area (TPSA) is 71.0 Å². The van der Waals surface area contributed by atoms with E-state index >= 15 is 0 Å². The second-order valence-corrected chi connectivity index (χ2v) is 5.89. The molecule has 0 radical (unpaired) electrons. The minimum atomic E-state index is -0.202. The van der Waals surface area contributed by atoms with Crippen molar-refractivity contribution in [3.05, 3.63) is 77.9 Å². The van der Waals surface area contributed by atoms with Gasteiger partial charge in [0.1, 0.15) is 0 Å². The van der Waals surface area contributed by atoms with Crippen LogP contribution in [0.25, 0.3) is 0 Å². The van der Waals surface area contributed by atoms with Crippen LogP contribution in [0.5, 0.6) is 0 Å². The molecular weight excluding hydrogens is 326 g/mol. The van der Waals surface area contributed by atoms with E-state index in [0.29, 0.717) is 18.1 Å². The van der Waals surface area contributed by atoms with Gasteiger partial charge >= 0.3 is 0 Å². The summed E-state index contributed by atoms with van der Waals surface area (Å²) in [5, 5.41) is 2.86. The number of hydrogen-bond donors (Lipinski definition) is 1. The van der Waals surface area contributed by atoms with E-state index < -0.39 is 0 Å². The van der Waals surface area contributed by atoms with Crippen LogP contribution in [0.1, 0.15) is 28.4 Å². The molecule has 6 nitrogen and oxygen atoms in total. The Hall–Kier alpha value is -3.28. The van der Waals surface area contributed by atoms with Gasteiger partial charge in [0.25, 0.3) is 5.91 Å². The molecular formula is C20H21N5O. The molecule has 0 spiro atoms. The minimum Gasteiger partial charge on any atom is -0.348 e. The first kappa shape index (κ1) is 17.5. The zero-order chi connectivity index (χ0) is 18.4. The number of rotatable bonds is 6. The van der Waals surface area contributed by atoms with Crippen molar-refractivity contribution in [2.45, 2.75) is 20.4 Å². The van der Waals surface area contributed by atoms with Gasteiger partial charge in [-0.1, -0.05) is 12.1 Å². The molecule has 0 aliphatic carbocycles. The number of nitrogens with one attached hydrogen (secondary N) is 1. The molecule has 0 aliphatic rings. The van der Waals surface area contributed by atoms with Gasteiger partial charge in [0.05, 0.1) is 5.56 Å². The highest BCUT2D eigenvalue weighted by molar-refractivity contribution is 5.93. The number of anilines is 2. The molecule has 6 heteroatoms. The van der Waals surface area contributed by atoms with Crippen molar-refractivity contribution in [3.63, 3.8) is 0 Å². The average molecular weight is 347 g/mol. The van der Waals surface area contributed by atoms with E-state index in [1.807, 2.05) is 36.1 Å². The highest BCUT2D eigenvalue weighted by Gasteiger charge is 2.12. The third-order valence-electron chi connectivity index (χ3n) is 3.97. The van der Waals surface area contributed by atoms with E-state index in [0.717, 1.165) is 17.8 Å². The molecule has 0 unspecified atom stereocenters. The Morgan fingerprint density at radius 3 is 2.50 bits per heavy atom. The van der Waals surface area contributed by atoms with Crippen molar-refractivity contribution >= 4 is 17.5 Å². The van der Waals surface area contributed by atoms with Crippen LogP contribution in [-0.2, 0) is 6.54 Å². The largest absolute Gasteiger partial charge is 0.348 e. The molecule has 0 saturated carbocycles. The first-order chi connectivity index (χ1) is 12.7. The van der Waals surface area contributed by atoms with Crippen LogP contribution in [-0.4, -0.2) is 27.4 Å². The van der Waals surface area contributed by atoms with Crippen molar-refractivity contribution in [1.82, 2.24) is 20.3 Å². The number of hydrogen-bond acceptors (Lipinski definition) is 5. The van der Waals surface area contributed by atoms with E-state index in [2.05, 4.69) is 39.3 Å². The van der Waals surface area contributed by atoms with Crippen molar-refractivity contribution in [3.8, 4) is 0 Å². The van der Waals surface area contributed by atoms with Crippen molar-refractivity contribution in [2.24, 2.45) is 0 Å². The van der Waals surface area contributed by atoms with Crippen molar-refractivity contribution in [2.75, 3.05) is 11.4 Å². The average Bonchev–Trinajstić information content (AvgIpc) is 2.68. The standard InChI is InChI=1S/C20H21N5O/c1-3-25(18-6-4-5-15(2)11-18)20-23-13-17(14-24-20)19(26)22-12-16-7-9-21-10-8-16/h4-11,13-14H,3,12H2,1-2H3,(H,22,26). The summed E-state index contributed by atoms with van der Waals surface area (Å²) in [6.45, 7) is 5.26. The Morgan fingerprint density at radius 1 is 1.12 bits per heavy atom. The Bertz CT molecular complexity index is 865. The van der Waals surface area contributed by atoms with Crippen LogP contribution in [0, 0.1) is 6.92 Å². The number of benzene rings is 1. The van der Waals surface area contributed by atoms with Gasteiger partial charge < -0.3 is 10.2 Å². The molecule has 132 valence electrons. The lowest BCUT2D eigenvalue weighted by atomic mass is 10.2. The number of nitrogens with zero attached hydrogens (tertiary/aromatic N) is 4. The van der Waals surface area contributed by atoms with Crippen LogP contribution in [0.15, 0.2) is 61.2 Å². The SMILES string of the molecule is CCN(c1cccc(C)c1)c1ncc(C(=O)NCc2ccncc2)cn1. The Morgan fingerprint density at radius 2 is 1.85 bits per heavy atom.